The highest BCUT2D eigenvalue weighted by molar-refractivity contribution is 7.99. The first-order chi connectivity index (χ1) is 11.6. The third-order valence-corrected chi connectivity index (χ3v) is 5.02. The van der Waals surface area contributed by atoms with Crippen molar-refractivity contribution in [1.82, 2.24) is 14.9 Å². The van der Waals surface area contributed by atoms with Gasteiger partial charge in [-0.1, -0.05) is 6.92 Å². The molecule has 1 unspecified atom stereocenters. The fourth-order valence-corrected chi connectivity index (χ4v) is 3.66. The van der Waals surface area contributed by atoms with Crippen molar-refractivity contribution in [2.75, 3.05) is 18.4 Å². The number of hydrogen-bond acceptors (Lipinski definition) is 4. The zero-order chi connectivity index (χ0) is 16.9. The Bertz CT molecular complexity index is 707. The molecule has 2 heterocycles. The van der Waals surface area contributed by atoms with Crippen LogP contribution in [0.3, 0.4) is 0 Å². The molecule has 1 aromatic heterocycles. The van der Waals surface area contributed by atoms with Gasteiger partial charge < -0.3 is 10.2 Å². The molecule has 2 aromatic rings. The molecule has 0 radical (unpaired) electrons. The average Bonchev–Trinajstić information content (AvgIpc) is 2.58. The van der Waals surface area contributed by atoms with Crippen LogP contribution >= 0.6 is 11.8 Å². The minimum Gasteiger partial charge on any atom is -0.324 e. The molecule has 6 heteroatoms. The standard InChI is InChI=1S/C18H22N4OS/c1-13-5-3-10-22(12-13)18(23)21-16-7-6-15(11-14(16)2)24-17-19-8-4-9-20-17/h4,6-9,11,13H,3,5,10,12H2,1-2H3,(H,21,23). The second-order valence-electron chi connectivity index (χ2n) is 6.23. The predicted molar refractivity (Wildman–Crippen MR) is 96.3 cm³/mol. The quantitative estimate of drug-likeness (QED) is 0.849. The Morgan fingerprint density at radius 3 is 2.83 bits per heavy atom. The smallest absolute Gasteiger partial charge is 0.321 e. The van der Waals surface area contributed by atoms with Crippen LogP contribution in [0.15, 0.2) is 46.7 Å². The predicted octanol–water partition coefficient (Wildman–Crippen LogP) is 4.20. The maximum atomic E-state index is 12.4. The largest absolute Gasteiger partial charge is 0.324 e. The second kappa shape index (κ2) is 7.66. The summed E-state index contributed by atoms with van der Waals surface area (Å²) in [6, 6.07) is 7.79. The maximum Gasteiger partial charge on any atom is 0.321 e. The van der Waals surface area contributed by atoms with E-state index in [1.807, 2.05) is 24.0 Å². The number of nitrogens with zero attached hydrogens (tertiary/aromatic N) is 3. The lowest BCUT2D eigenvalue weighted by Crippen LogP contribution is -2.41. The van der Waals surface area contributed by atoms with Gasteiger partial charge in [0.05, 0.1) is 0 Å². The summed E-state index contributed by atoms with van der Waals surface area (Å²) >= 11 is 1.51. The van der Waals surface area contributed by atoms with E-state index in [2.05, 4.69) is 28.3 Å². The van der Waals surface area contributed by atoms with E-state index in [9.17, 15) is 4.79 Å². The minimum absolute atomic E-state index is 0.00329. The van der Waals surface area contributed by atoms with Gasteiger partial charge in [-0.25, -0.2) is 14.8 Å². The fourth-order valence-electron chi connectivity index (χ4n) is 2.85. The molecular weight excluding hydrogens is 320 g/mol. The topological polar surface area (TPSA) is 58.1 Å². The number of carbonyl (C=O) groups excluding carboxylic acids is 1. The maximum absolute atomic E-state index is 12.4. The molecule has 0 saturated carbocycles. The van der Waals surface area contributed by atoms with Crippen molar-refractivity contribution >= 4 is 23.5 Å². The van der Waals surface area contributed by atoms with E-state index < -0.39 is 0 Å². The van der Waals surface area contributed by atoms with Crippen molar-refractivity contribution in [3.8, 4) is 0 Å². The summed E-state index contributed by atoms with van der Waals surface area (Å²) in [5.74, 6) is 0.579. The summed E-state index contributed by atoms with van der Waals surface area (Å²) in [6.07, 6.45) is 5.75. The third kappa shape index (κ3) is 4.26. The van der Waals surface area contributed by atoms with Gasteiger partial charge >= 0.3 is 6.03 Å². The number of nitrogens with one attached hydrogen (secondary N) is 1. The Hall–Kier alpha value is -2.08. The number of likely N-dealkylation sites (tertiary alicyclic amines) is 1. The number of anilines is 1. The van der Waals surface area contributed by atoms with Crippen molar-refractivity contribution in [3.63, 3.8) is 0 Å². The van der Waals surface area contributed by atoms with Gasteiger partial charge in [-0.15, -0.1) is 0 Å². The Kier molecular flexibility index (Phi) is 5.35. The van der Waals surface area contributed by atoms with Gasteiger partial charge in [0.2, 0.25) is 0 Å². The molecule has 1 N–H and O–H groups in total. The van der Waals surface area contributed by atoms with E-state index >= 15 is 0 Å². The van der Waals surface area contributed by atoms with Crippen molar-refractivity contribution in [3.05, 3.63) is 42.2 Å². The van der Waals surface area contributed by atoms with Crippen LogP contribution < -0.4 is 5.32 Å². The molecule has 1 aliphatic heterocycles. The molecule has 3 rings (SSSR count). The molecule has 1 saturated heterocycles. The SMILES string of the molecule is Cc1cc(Sc2ncccn2)ccc1NC(=O)N1CCCC(C)C1. The van der Waals surface area contributed by atoms with E-state index in [1.165, 1.54) is 18.2 Å². The first-order valence-corrected chi connectivity index (χ1v) is 9.05. The molecule has 1 atom stereocenters. The Morgan fingerprint density at radius 2 is 2.12 bits per heavy atom. The summed E-state index contributed by atoms with van der Waals surface area (Å²) < 4.78 is 0. The van der Waals surface area contributed by atoms with Crippen LogP contribution in [0.4, 0.5) is 10.5 Å². The first kappa shape index (κ1) is 16.8. The molecule has 1 fully saturated rings. The van der Waals surface area contributed by atoms with Crippen LogP contribution in [-0.2, 0) is 0 Å². The Balaban J connectivity index is 1.65. The van der Waals surface area contributed by atoms with Gasteiger partial charge in [-0.2, -0.15) is 0 Å². The van der Waals surface area contributed by atoms with Crippen molar-refractivity contribution < 1.29 is 4.79 Å². The van der Waals surface area contributed by atoms with E-state index in [0.717, 1.165) is 40.8 Å². The highest BCUT2D eigenvalue weighted by atomic mass is 32.2. The normalized spacial score (nSPS) is 17.6. The lowest BCUT2D eigenvalue weighted by molar-refractivity contribution is 0.182. The molecule has 24 heavy (non-hydrogen) atoms. The van der Waals surface area contributed by atoms with Gasteiger partial charge in [0, 0.05) is 36.1 Å². The summed E-state index contributed by atoms with van der Waals surface area (Å²) in [5, 5.41) is 3.76. The number of rotatable bonds is 3. The Labute approximate surface area is 146 Å². The fraction of sp³-hybridized carbons (Fsp3) is 0.389. The number of aromatic nitrogens is 2. The van der Waals surface area contributed by atoms with Crippen molar-refractivity contribution in [1.29, 1.82) is 0 Å². The molecule has 0 spiro atoms. The van der Waals surface area contributed by atoms with Crippen LogP contribution in [0, 0.1) is 12.8 Å². The van der Waals surface area contributed by atoms with Crippen LogP contribution in [0.1, 0.15) is 25.3 Å². The number of urea groups is 1. The molecule has 5 nitrogen and oxygen atoms in total. The van der Waals surface area contributed by atoms with Gasteiger partial charge in [0.1, 0.15) is 0 Å². The molecule has 1 aliphatic rings. The van der Waals surface area contributed by atoms with Gasteiger partial charge in [0.15, 0.2) is 5.16 Å². The molecule has 0 bridgehead atoms. The zero-order valence-corrected chi connectivity index (χ0v) is 14.8. The number of aryl methyl sites for hydroxylation is 1. The highest BCUT2D eigenvalue weighted by Gasteiger charge is 2.21. The van der Waals surface area contributed by atoms with E-state index in [0.29, 0.717) is 5.92 Å². The molecule has 2 amide bonds. The van der Waals surface area contributed by atoms with Crippen molar-refractivity contribution in [2.24, 2.45) is 5.92 Å². The second-order valence-corrected chi connectivity index (χ2v) is 7.27. The average molecular weight is 342 g/mol. The monoisotopic (exact) mass is 342 g/mol. The van der Waals surface area contributed by atoms with Gasteiger partial charge in [-0.3, -0.25) is 0 Å². The van der Waals surface area contributed by atoms with Crippen LogP contribution in [0.2, 0.25) is 0 Å². The van der Waals surface area contributed by atoms with Crippen LogP contribution in [0.25, 0.3) is 0 Å². The summed E-state index contributed by atoms with van der Waals surface area (Å²) in [5.41, 5.74) is 1.89. The summed E-state index contributed by atoms with van der Waals surface area (Å²) in [4.78, 5) is 23.8. The lowest BCUT2D eigenvalue weighted by Gasteiger charge is -2.31. The number of hydrogen-bond donors (Lipinski definition) is 1. The zero-order valence-electron chi connectivity index (χ0n) is 14.0. The molecule has 126 valence electrons. The number of amides is 2. The summed E-state index contributed by atoms with van der Waals surface area (Å²) in [7, 11) is 0. The highest BCUT2D eigenvalue weighted by Crippen LogP contribution is 2.28. The number of piperidine rings is 1. The van der Waals surface area contributed by atoms with E-state index in [-0.39, 0.29) is 6.03 Å². The number of carbonyl (C=O) groups is 1. The lowest BCUT2D eigenvalue weighted by atomic mass is 10.0. The first-order valence-electron chi connectivity index (χ1n) is 8.23. The summed E-state index contributed by atoms with van der Waals surface area (Å²) in [6.45, 7) is 5.88. The van der Waals surface area contributed by atoms with Gasteiger partial charge in [-0.05, 0) is 67.3 Å². The van der Waals surface area contributed by atoms with E-state index in [4.69, 9.17) is 0 Å². The molecule has 1 aromatic carbocycles. The van der Waals surface area contributed by atoms with Crippen LogP contribution in [0.5, 0.6) is 0 Å². The molecular formula is C18H22N4OS. The van der Waals surface area contributed by atoms with Crippen molar-refractivity contribution in [2.45, 2.75) is 36.7 Å². The number of benzene rings is 1. The minimum atomic E-state index is -0.00329. The van der Waals surface area contributed by atoms with Gasteiger partial charge in [0.25, 0.3) is 0 Å². The Morgan fingerprint density at radius 1 is 1.33 bits per heavy atom. The van der Waals surface area contributed by atoms with E-state index in [1.54, 1.807) is 18.5 Å². The molecule has 0 aliphatic carbocycles. The van der Waals surface area contributed by atoms with Crippen LogP contribution in [-0.4, -0.2) is 34.0 Å². The third-order valence-electron chi connectivity index (χ3n) is 4.13.